The van der Waals surface area contributed by atoms with Crippen LogP contribution in [0.25, 0.3) is 0 Å². The molecule has 0 heterocycles. The van der Waals surface area contributed by atoms with Gasteiger partial charge in [0, 0.05) is 32.3 Å². The molecule has 1 amide bonds. The van der Waals surface area contributed by atoms with Crippen LogP contribution in [0.2, 0.25) is 0 Å². The summed E-state index contributed by atoms with van der Waals surface area (Å²) < 4.78 is 15.9. The first kappa shape index (κ1) is 22.1. The molecule has 0 aromatic rings. The summed E-state index contributed by atoms with van der Waals surface area (Å²) in [7, 11) is 0. The van der Waals surface area contributed by atoms with Crippen molar-refractivity contribution in [1.29, 1.82) is 0 Å². The third-order valence-electron chi connectivity index (χ3n) is 4.49. The van der Waals surface area contributed by atoms with Crippen molar-refractivity contribution in [1.82, 2.24) is 5.32 Å². The average Bonchev–Trinajstić information content (AvgIpc) is 2.60. The summed E-state index contributed by atoms with van der Waals surface area (Å²) in [5, 5.41) is 3.05. The van der Waals surface area contributed by atoms with Gasteiger partial charge in [0.15, 0.2) is 0 Å². The van der Waals surface area contributed by atoms with Gasteiger partial charge in [0.05, 0.1) is 33.0 Å². The number of nitrogens with one attached hydrogen (secondary N) is 1. The number of amides is 1. The fourth-order valence-corrected chi connectivity index (χ4v) is 3.04. The van der Waals surface area contributed by atoms with Gasteiger partial charge in [-0.2, -0.15) is 0 Å². The predicted octanol–water partition coefficient (Wildman–Crippen LogP) is 2.59. The van der Waals surface area contributed by atoms with Gasteiger partial charge in [-0.1, -0.05) is 13.8 Å². The molecular weight excluding hydrogens is 322 g/mol. The molecule has 1 saturated carbocycles. The van der Waals surface area contributed by atoms with Gasteiger partial charge in [-0.3, -0.25) is 9.59 Å². The van der Waals surface area contributed by atoms with Gasteiger partial charge >= 0.3 is 0 Å². The molecule has 1 N–H and O–H groups in total. The van der Waals surface area contributed by atoms with Crippen LogP contribution in [0.5, 0.6) is 0 Å². The average molecular weight is 360 g/mol. The number of ether oxygens (including phenoxy) is 3. The molecule has 1 aliphatic rings. The predicted molar refractivity (Wildman–Crippen MR) is 98.6 cm³/mol. The van der Waals surface area contributed by atoms with Crippen LogP contribution < -0.4 is 5.32 Å². The Morgan fingerprint density at radius 1 is 0.960 bits per heavy atom. The van der Waals surface area contributed by atoms with Gasteiger partial charge in [0.2, 0.25) is 5.91 Å². The van der Waals surface area contributed by atoms with Crippen molar-refractivity contribution >= 4 is 11.7 Å². The Hall–Kier alpha value is -0.980. The number of carbonyl (C=O) groups is 2. The Balaban J connectivity index is 0.00000625. The first-order valence-electron chi connectivity index (χ1n) is 9.60. The topological polar surface area (TPSA) is 73.9 Å². The van der Waals surface area contributed by atoms with Crippen molar-refractivity contribution in [2.75, 3.05) is 39.6 Å². The molecule has 0 spiro atoms. The first-order chi connectivity index (χ1) is 12.0. The Bertz CT molecular complexity index is 384. The highest BCUT2D eigenvalue weighted by atomic mass is 16.5. The number of carbonyl (C=O) groups excluding carboxylic acids is 2. The molecule has 6 nitrogen and oxygen atoms in total. The van der Waals surface area contributed by atoms with Crippen LogP contribution in [0.4, 0.5) is 0 Å². The normalized spacial score (nSPS) is 20.6. The highest BCUT2D eigenvalue weighted by Gasteiger charge is 2.27. The van der Waals surface area contributed by atoms with Gasteiger partial charge in [0.1, 0.15) is 5.78 Å². The SMILES string of the molecule is CCOCCOCCOCCC(=O)NC1CCC(C(=O)C(C)C)CC1.[HH]. The van der Waals surface area contributed by atoms with Crippen molar-refractivity contribution < 1.29 is 25.2 Å². The Morgan fingerprint density at radius 3 is 2.08 bits per heavy atom. The molecule has 0 unspecified atom stereocenters. The van der Waals surface area contributed by atoms with Crippen LogP contribution in [0.1, 0.15) is 54.3 Å². The summed E-state index contributed by atoms with van der Waals surface area (Å²) in [6.45, 7) is 9.14. The molecule has 0 aromatic heterocycles. The molecule has 25 heavy (non-hydrogen) atoms. The van der Waals surface area contributed by atoms with Crippen LogP contribution in [0, 0.1) is 11.8 Å². The third-order valence-corrected chi connectivity index (χ3v) is 4.49. The minimum absolute atomic E-state index is 0. The molecule has 6 heteroatoms. The molecule has 0 aromatic carbocycles. The van der Waals surface area contributed by atoms with Gasteiger partial charge in [-0.15, -0.1) is 0 Å². The number of Topliss-reactive ketones (excluding diaryl/α,β-unsaturated/α-hetero) is 1. The van der Waals surface area contributed by atoms with E-state index in [1.54, 1.807) is 0 Å². The van der Waals surface area contributed by atoms with Gasteiger partial charge in [0.25, 0.3) is 0 Å². The highest BCUT2D eigenvalue weighted by molar-refractivity contribution is 5.83. The van der Waals surface area contributed by atoms with E-state index in [1.807, 2.05) is 20.8 Å². The minimum Gasteiger partial charge on any atom is -0.379 e. The second-order valence-corrected chi connectivity index (χ2v) is 6.84. The lowest BCUT2D eigenvalue weighted by Crippen LogP contribution is -2.39. The van der Waals surface area contributed by atoms with E-state index in [0.717, 1.165) is 25.7 Å². The van der Waals surface area contributed by atoms with E-state index in [0.29, 0.717) is 51.8 Å². The van der Waals surface area contributed by atoms with E-state index in [2.05, 4.69) is 5.32 Å². The molecule has 1 aliphatic carbocycles. The largest absolute Gasteiger partial charge is 0.379 e. The van der Waals surface area contributed by atoms with Crippen molar-refractivity contribution in [3.05, 3.63) is 0 Å². The van der Waals surface area contributed by atoms with E-state index in [1.165, 1.54) is 0 Å². The molecule has 1 fully saturated rings. The monoisotopic (exact) mass is 359 g/mol. The molecule has 1 rings (SSSR count). The van der Waals surface area contributed by atoms with Crippen molar-refractivity contribution in [2.24, 2.45) is 11.8 Å². The van der Waals surface area contributed by atoms with Crippen molar-refractivity contribution in [3.8, 4) is 0 Å². The summed E-state index contributed by atoms with van der Waals surface area (Å²) in [5.41, 5.74) is 0. The standard InChI is InChI=1S/C19H35NO5.H2/c1-4-23-11-12-25-14-13-24-10-9-18(21)20-17-7-5-16(6-8-17)19(22)15(2)3;/h15-17H,4-14H2,1-3H3,(H,20,21);1H. The molecule has 0 atom stereocenters. The van der Waals surface area contributed by atoms with Crippen LogP contribution in [-0.2, 0) is 23.8 Å². The zero-order chi connectivity index (χ0) is 18.5. The molecular formula is C19H37NO5. The smallest absolute Gasteiger partial charge is 0.222 e. The fraction of sp³-hybridized carbons (Fsp3) is 0.895. The van der Waals surface area contributed by atoms with E-state index >= 15 is 0 Å². The maximum absolute atomic E-state index is 12.0. The molecule has 148 valence electrons. The Kier molecular flexibility index (Phi) is 11.7. The third kappa shape index (κ3) is 9.92. The number of ketones is 1. The lowest BCUT2D eigenvalue weighted by Gasteiger charge is -2.29. The summed E-state index contributed by atoms with van der Waals surface area (Å²) in [6, 6.07) is 0.200. The summed E-state index contributed by atoms with van der Waals surface area (Å²) in [5.74, 6) is 0.674. The van der Waals surface area contributed by atoms with Gasteiger partial charge < -0.3 is 19.5 Å². The van der Waals surface area contributed by atoms with Gasteiger partial charge in [-0.05, 0) is 32.6 Å². The molecule has 0 radical (unpaired) electrons. The van der Waals surface area contributed by atoms with Crippen LogP contribution in [-0.4, -0.2) is 57.4 Å². The first-order valence-corrected chi connectivity index (χ1v) is 9.60. The maximum atomic E-state index is 12.0. The summed E-state index contributed by atoms with van der Waals surface area (Å²) in [4.78, 5) is 23.9. The molecule has 0 saturated heterocycles. The van der Waals surface area contributed by atoms with Crippen molar-refractivity contribution in [3.63, 3.8) is 0 Å². The quantitative estimate of drug-likeness (QED) is 0.512. The van der Waals surface area contributed by atoms with Crippen LogP contribution in [0.15, 0.2) is 0 Å². The second kappa shape index (κ2) is 13.3. The lowest BCUT2D eigenvalue weighted by molar-refractivity contribution is -0.127. The number of hydrogen-bond donors (Lipinski definition) is 1. The Labute approximate surface area is 153 Å². The maximum Gasteiger partial charge on any atom is 0.222 e. The fourth-order valence-electron chi connectivity index (χ4n) is 3.04. The lowest BCUT2D eigenvalue weighted by atomic mass is 9.80. The van der Waals surface area contributed by atoms with Crippen LogP contribution in [0.3, 0.4) is 0 Å². The highest BCUT2D eigenvalue weighted by Crippen LogP contribution is 2.27. The summed E-state index contributed by atoms with van der Waals surface area (Å²) in [6.07, 6.45) is 3.92. The van der Waals surface area contributed by atoms with E-state index in [4.69, 9.17) is 14.2 Å². The zero-order valence-corrected chi connectivity index (χ0v) is 16.1. The summed E-state index contributed by atoms with van der Waals surface area (Å²) >= 11 is 0. The van der Waals surface area contributed by atoms with Crippen LogP contribution >= 0.6 is 0 Å². The minimum atomic E-state index is 0. The zero-order valence-electron chi connectivity index (χ0n) is 16.1. The van der Waals surface area contributed by atoms with E-state index < -0.39 is 0 Å². The number of hydrogen-bond acceptors (Lipinski definition) is 5. The Morgan fingerprint density at radius 2 is 1.52 bits per heavy atom. The van der Waals surface area contributed by atoms with Gasteiger partial charge in [-0.25, -0.2) is 0 Å². The van der Waals surface area contributed by atoms with Crippen molar-refractivity contribution in [2.45, 2.75) is 58.9 Å². The molecule has 0 bridgehead atoms. The second-order valence-electron chi connectivity index (χ2n) is 6.84. The van der Waals surface area contributed by atoms with E-state index in [9.17, 15) is 9.59 Å². The van der Waals surface area contributed by atoms with E-state index in [-0.39, 0.29) is 25.2 Å². The number of rotatable bonds is 13. The molecule has 0 aliphatic heterocycles.